The molecule has 0 aliphatic carbocycles. The largest absolute Gasteiger partial charge is 0.467 e. The van der Waals surface area contributed by atoms with Crippen LogP contribution in [0.5, 0.6) is 0 Å². The van der Waals surface area contributed by atoms with E-state index in [2.05, 4.69) is 9.72 Å². The highest BCUT2D eigenvalue weighted by Gasteiger charge is 2.34. The summed E-state index contributed by atoms with van der Waals surface area (Å²) in [7, 11) is -1.72. The van der Waals surface area contributed by atoms with Gasteiger partial charge in [0, 0.05) is 12.7 Å². The first-order valence-corrected chi connectivity index (χ1v) is 13.8. The fraction of sp³-hybridized carbons (Fsp3) is 0.609. The van der Waals surface area contributed by atoms with Crippen LogP contribution in [-0.4, -0.2) is 71.8 Å². The highest BCUT2D eigenvalue weighted by molar-refractivity contribution is 7.63. The van der Waals surface area contributed by atoms with Crippen molar-refractivity contribution < 1.29 is 37.9 Å². The van der Waals surface area contributed by atoms with Crippen molar-refractivity contribution in [1.82, 2.24) is 9.55 Å². The van der Waals surface area contributed by atoms with Gasteiger partial charge in [0.2, 0.25) is 5.85 Å². The molecule has 1 atom stereocenters. The van der Waals surface area contributed by atoms with Gasteiger partial charge in [-0.15, -0.1) is 0 Å². The Morgan fingerprint density at radius 1 is 1.06 bits per heavy atom. The third-order valence-corrected chi connectivity index (χ3v) is 5.52. The van der Waals surface area contributed by atoms with Gasteiger partial charge < -0.3 is 23.5 Å². The molecule has 0 radical (unpaired) electrons. The van der Waals surface area contributed by atoms with Crippen molar-refractivity contribution in [3.05, 3.63) is 34.9 Å². The van der Waals surface area contributed by atoms with E-state index in [1.165, 1.54) is 37.3 Å². The van der Waals surface area contributed by atoms with Crippen LogP contribution in [0.2, 0.25) is 0 Å². The summed E-state index contributed by atoms with van der Waals surface area (Å²) in [6.07, 6.45) is 2.39. The Labute approximate surface area is 210 Å². The molecular formula is C23H36N3O9P. The molecule has 0 saturated heterocycles. The lowest BCUT2D eigenvalue weighted by Crippen LogP contribution is -2.45. The van der Waals surface area contributed by atoms with Gasteiger partial charge in [-0.3, -0.25) is 4.57 Å². The molecular weight excluding hydrogens is 493 g/mol. The number of hydrogen-bond acceptors (Lipinski definition) is 10. The van der Waals surface area contributed by atoms with Gasteiger partial charge in [0.15, 0.2) is 5.82 Å². The van der Waals surface area contributed by atoms with Gasteiger partial charge in [-0.2, -0.15) is 9.88 Å². The number of carbonyl (C=O) groups excluding carboxylic acids is 3. The molecule has 0 spiro atoms. The third kappa shape index (κ3) is 10.3. The molecule has 0 saturated carbocycles. The molecule has 202 valence electrons. The average molecular weight is 530 g/mol. The summed E-state index contributed by atoms with van der Waals surface area (Å²) in [6.45, 7) is 12.7. The van der Waals surface area contributed by atoms with Crippen LogP contribution in [0, 0.1) is 0 Å². The molecule has 2 amide bonds. The number of rotatable bonds is 8. The predicted molar refractivity (Wildman–Crippen MR) is 134 cm³/mol. The van der Waals surface area contributed by atoms with Crippen LogP contribution in [0.4, 0.5) is 15.4 Å². The van der Waals surface area contributed by atoms with Gasteiger partial charge >= 0.3 is 23.8 Å². The molecule has 12 nitrogen and oxygen atoms in total. The number of anilines is 1. The zero-order valence-electron chi connectivity index (χ0n) is 22.3. The van der Waals surface area contributed by atoms with E-state index in [0.717, 1.165) is 0 Å². The Bertz CT molecular complexity index is 1050. The first-order valence-electron chi connectivity index (χ1n) is 11.1. The lowest BCUT2D eigenvalue weighted by Gasteiger charge is -2.28. The maximum absolute atomic E-state index is 12.7. The van der Waals surface area contributed by atoms with Crippen molar-refractivity contribution in [2.75, 3.05) is 31.9 Å². The molecule has 0 aliphatic rings. The van der Waals surface area contributed by atoms with Crippen LogP contribution in [-0.2, 0) is 34.9 Å². The Kier molecular flexibility index (Phi) is 10.6. The smallest absolute Gasteiger partial charge is 0.425 e. The van der Waals surface area contributed by atoms with Crippen LogP contribution < -0.4 is 10.6 Å². The molecule has 0 N–H and O–H groups in total. The standard InChI is InChI=1S/C23H36N3O9P/c1-22(2,3)34-20(29)26(21(30)35-23(4,5)6)16-12-14-25(19(28)24-16)13-10-11-15-33-18(17(27)32-7)36(8,9)31/h10-12,14,18H,13,15H2,1-9H3/b11-10-. The number of esters is 1. The van der Waals surface area contributed by atoms with Crippen molar-refractivity contribution in [2.45, 2.75) is 65.1 Å². The third-order valence-electron chi connectivity index (χ3n) is 4.03. The molecule has 13 heteroatoms. The van der Waals surface area contributed by atoms with E-state index in [4.69, 9.17) is 14.2 Å². The normalized spacial score (nSPS) is 13.2. The summed E-state index contributed by atoms with van der Waals surface area (Å²) < 4.78 is 34.0. The summed E-state index contributed by atoms with van der Waals surface area (Å²) in [6, 6.07) is 1.30. The maximum Gasteiger partial charge on any atom is 0.425 e. The van der Waals surface area contributed by atoms with E-state index in [-0.39, 0.29) is 19.0 Å². The number of ether oxygens (including phenoxy) is 4. The van der Waals surface area contributed by atoms with Crippen molar-refractivity contribution >= 4 is 31.1 Å². The number of methoxy groups -OCH3 is 1. The molecule has 1 heterocycles. The number of hydrogen-bond donors (Lipinski definition) is 0. The van der Waals surface area contributed by atoms with Crippen molar-refractivity contribution in [1.29, 1.82) is 0 Å². The summed E-state index contributed by atoms with van der Waals surface area (Å²) in [5, 5.41) is 0. The highest BCUT2D eigenvalue weighted by Crippen LogP contribution is 2.43. The summed E-state index contributed by atoms with van der Waals surface area (Å²) in [4.78, 5) is 54.1. The Morgan fingerprint density at radius 3 is 2.00 bits per heavy atom. The van der Waals surface area contributed by atoms with E-state index in [9.17, 15) is 23.7 Å². The fourth-order valence-corrected chi connectivity index (χ4v) is 3.62. The molecule has 36 heavy (non-hydrogen) atoms. The van der Waals surface area contributed by atoms with E-state index in [1.807, 2.05) is 0 Å². The zero-order valence-corrected chi connectivity index (χ0v) is 23.2. The Hall–Kier alpha value is -2.98. The van der Waals surface area contributed by atoms with Crippen molar-refractivity contribution in [2.24, 2.45) is 0 Å². The zero-order chi connectivity index (χ0) is 27.9. The van der Waals surface area contributed by atoms with Crippen molar-refractivity contribution in [3.8, 4) is 0 Å². The van der Waals surface area contributed by atoms with Gasteiger partial charge in [0.05, 0.1) is 13.7 Å². The Morgan fingerprint density at radius 2 is 1.58 bits per heavy atom. The van der Waals surface area contributed by atoms with E-state index < -0.39 is 48.0 Å². The average Bonchev–Trinajstić information content (AvgIpc) is 2.67. The van der Waals surface area contributed by atoms with Crippen LogP contribution in [0.25, 0.3) is 0 Å². The summed E-state index contributed by atoms with van der Waals surface area (Å²) in [5.74, 6) is -2.18. The number of imide groups is 1. The topological polar surface area (TPSA) is 143 Å². The number of allylic oxidation sites excluding steroid dienone is 1. The molecule has 0 aliphatic heterocycles. The highest BCUT2D eigenvalue weighted by atomic mass is 31.2. The van der Waals surface area contributed by atoms with Crippen LogP contribution >= 0.6 is 7.14 Å². The quantitative estimate of drug-likeness (QED) is 0.212. The molecule has 1 rings (SSSR count). The van der Waals surface area contributed by atoms with Gasteiger partial charge in [0.25, 0.3) is 0 Å². The molecule has 1 unspecified atom stereocenters. The molecule has 0 bridgehead atoms. The van der Waals surface area contributed by atoms with Gasteiger partial charge in [0.1, 0.15) is 18.3 Å². The van der Waals surface area contributed by atoms with E-state index in [0.29, 0.717) is 4.90 Å². The molecule has 0 aromatic carbocycles. The minimum atomic E-state index is -2.90. The number of amides is 2. The molecule has 1 aromatic heterocycles. The van der Waals surface area contributed by atoms with Gasteiger partial charge in [-0.1, -0.05) is 12.2 Å². The minimum Gasteiger partial charge on any atom is -0.467 e. The SMILES string of the molecule is COC(=O)C(OC/C=C\Cn1ccc(N(C(=O)OC(C)(C)C)C(=O)OC(C)(C)C)nc1=O)P(C)(C)=O. The minimum absolute atomic E-state index is 0.0449. The van der Waals surface area contributed by atoms with E-state index in [1.54, 1.807) is 53.7 Å². The lowest BCUT2D eigenvalue weighted by atomic mass is 10.2. The number of nitrogens with zero attached hydrogens (tertiary/aromatic N) is 3. The number of carbonyl (C=O) groups is 3. The molecule has 0 fully saturated rings. The van der Waals surface area contributed by atoms with Gasteiger partial charge in [-0.25, -0.2) is 19.2 Å². The monoisotopic (exact) mass is 529 g/mol. The molecule has 1 aromatic rings. The first-order chi connectivity index (χ1) is 16.4. The second-order valence-electron chi connectivity index (χ2n) is 10.1. The van der Waals surface area contributed by atoms with E-state index >= 15 is 0 Å². The predicted octanol–water partition coefficient (Wildman–Crippen LogP) is 3.61. The fourth-order valence-electron chi connectivity index (χ4n) is 2.57. The first kappa shape index (κ1) is 31.1. The number of aromatic nitrogens is 2. The lowest BCUT2D eigenvalue weighted by molar-refractivity contribution is -0.148. The van der Waals surface area contributed by atoms with Gasteiger partial charge in [-0.05, 0) is 60.9 Å². The summed E-state index contributed by atoms with van der Waals surface area (Å²) in [5.41, 5.74) is -2.56. The second kappa shape index (κ2) is 12.3. The van der Waals surface area contributed by atoms with Crippen molar-refractivity contribution in [3.63, 3.8) is 0 Å². The maximum atomic E-state index is 12.7. The Balaban J connectivity index is 3.03. The van der Waals surface area contributed by atoms with Crippen LogP contribution in [0.15, 0.2) is 29.2 Å². The second-order valence-corrected chi connectivity index (χ2v) is 13.5. The van der Waals surface area contributed by atoms with Crippen LogP contribution in [0.1, 0.15) is 41.5 Å². The van der Waals surface area contributed by atoms with Crippen LogP contribution in [0.3, 0.4) is 0 Å². The summed E-state index contributed by atoms with van der Waals surface area (Å²) >= 11 is 0.